The minimum absolute atomic E-state index is 0.0119. The molecule has 1 aliphatic carbocycles. The van der Waals surface area contributed by atoms with E-state index in [1.54, 1.807) is 41.6 Å². The molecular weight excluding hydrogens is 419 g/mol. The molecule has 33 heavy (non-hydrogen) atoms. The van der Waals surface area contributed by atoms with Gasteiger partial charge in [0, 0.05) is 41.5 Å². The van der Waals surface area contributed by atoms with E-state index < -0.39 is 0 Å². The average molecular weight is 445 g/mol. The number of pyridine rings is 2. The normalized spacial score (nSPS) is 16.0. The van der Waals surface area contributed by atoms with E-state index in [9.17, 15) is 9.59 Å². The van der Waals surface area contributed by atoms with Crippen molar-refractivity contribution < 1.29 is 14.0 Å². The third-order valence-corrected chi connectivity index (χ3v) is 6.42. The summed E-state index contributed by atoms with van der Waals surface area (Å²) in [5.41, 5.74) is 3.76. The van der Waals surface area contributed by atoms with Gasteiger partial charge in [0.2, 0.25) is 0 Å². The number of anilines is 1. The first-order chi connectivity index (χ1) is 16.0. The average Bonchev–Trinajstić information content (AvgIpc) is 3.62. The molecule has 0 unspecified atom stereocenters. The quantitative estimate of drug-likeness (QED) is 0.518. The lowest BCUT2D eigenvalue weighted by atomic mass is 9.99. The van der Waals surface area contributed by atoms with E-state index in [0.717, 1.165) is 24.0 Å². The Hall–Kier alpha value is -3.61. The Morgan fingerprint density at radius 2 is 1.94 bits per heavy atom. The van der Waals surface area contributed by atoms with Gasteiger partial charge >= 0.3 is 0 Å². The number of ketones is 1. The van der Waals surface area contributed by atoms with E-state index in [-0.39, 0.29) is 29.5 Å². The minimum Gasteiger partial charge on any atom is -0.363 e. The highest BCUT2D eigenvalue weighted by molar-refractivity contribution is 5.99. The molecule has 168 valence electrons. The SMILES string of the molecule is CCN1Cc2c(ccnc2N[C@@H](C)c2ccc(-c3ccnc(C(=O)C4CC4)c3)c(F)c2)C1=O. The predicted octanol–water partition coefficient (Wildman–Crippen LogP) is 5.02. The van der Waals surface area contributed by atoms with Crippen LogP contribution in [0.3, 0.4) is 0 Å². The topological polar surface area (TPSA) is 75.2 Å². The van der Waals surface area contributed by atoms with Gasteiger partial charge < -0.3 is 10.2 Å². The van der Waals surface area contributed by atoms with Gasteiger partial charge in [0.25, 0.3) is 5.91 Å². The van der Waals surface area contributed by atoms with Gasteiger partial charge in [0.15, 0.2) is 5.78 Å². The molecule has 2 aliphatic rings. The second kappa shape index (κ2) is 8.39. The molecule has 1 N–H and O–H groups in total. The van der Waals surface area contributed by atoms with Crippen LogP contribution >= 0.6 is 0 Å². The Morgan fingerprint density at radius 3 is 2.67 bits per heavy atom. The van der Waals surface area contributed by atoms with Gasteiger partial charge in [-0.05, 0) is 62.1 Å². The van der Waals surface area contributed by atoms with Crippen LogP contribution < -0.4 is 5.32 Å². The lowest BCUT2D eigenvalue weighted by Gasteiger charge is -2.18. The molecule has 7 heteroatoms. The molecule has 1 saturated carbocycles. The fraction of sp³-hybridized carbons (Fsp3) is 0.308. The molecule has 3 heterocycles. The third kappa shape index (κ3) is 3.99. The summed E-state index contributed by atoms with van der Waals surface area (Å²) < 4.78 is 15.1. The van der Waals surface area contributed by atoms with Crippen LogP contribution in [0, 0.1) is 11.7 Å². The number of fused-ring (bicyclic) bond motifs is 1. The van der Waals surface area contributed by atoms with Gasteiger partial charge in [0.1, 0.15) is 17.3 Å². The first-order valence-electron chi connectivity index (χ1n) is 11.3. The number of aromatic nitrogens is 2. The summed E-state index contributed by atoms with van der Waals surface area (Å²) in [5, 5.41) is 3.34. The smallest absolute Gasteiger partial charge is 0.254 e. The molecule has 3 aromatic rings. The van der Waals surface area contributed by atoms with Crippen molar-refractivity contribution >= 4 is 17.5 Å². The van der Waals surface area contributed by atoms with Gasteiger partial charge in [0.05, 0.1) is 12.6 Å². The predicted molar refractivity (Wildman–Crippen MR) is 123 cm³/mol. The Bertz CT molecular complexity index is 1250. The zero-order valence-electron chi connectivity index (χ0n) is 18.6. The van der Waals surface area contributed by atoms with E-state index in [2.05, 4.69) is 15.3 Å². The molecule has 0 radical (unpaired) electrons. The number of amides is 1. The number of rotatable bonds is 7. The summed E-state index contributed by atoms with van der Waals surface area (Å²) in [5.74, 6) is 0.397. The molecule has 5 rings (SSSR count). The summed E-state index contributed by atoms with van der Waals surface area (Å²) in [4.78, 5) is 35.2. The monoisotopic (exact) mass is 444 g/mol. The molecule has 6 nitrogen and oxygen atoms in total. The maximum Gasteiger partial charge on any atom is 0.254 e. The highest BCUT2D eigenvalue weighted by atomic mass is 19.1. The van der Waals surface area contributed by atoms with Crippen molar-refractivity contribution in [1.82, 2.24) is 14.9 Å². The van der Waals surface area contributed by atoms with E-state index in [0.29, 0.717) is 41.3 Å². The van der Waals surface area contributed by atoms with E-state index >= 15 is 4.39 Å². The Morgan fingerprint density at radius 1 is 1.15 bits per heavy atom. The van der Waals surface area contributed by atoms with Crippen molar-refractivity contribution in [2.45, 2.75) is 39.3 Å². The van der Waals surface area contributed by atoms with Crippen LogP contribution in [0.15, 0.2) is 48.8 Å². The molecule has 1 aromatic carbocycles. The van der Waals surface area contributed by atoms with E-state index in [4.69, 9.17) is 0 Å². The van der Waals surface area contributed by atoms with Gasteiger partial charge in [-0.3, -0.25) is 14.6 Å². The van der Waals surface area contributed by atoms with E-state index in [1.165, 1.54) is 6.07 Å². The van der Waals surface area contributed by atoms with Crippen LogP contribution in [0.4, 0.5) is 10.2 Å². The maximum absolute atomic E-state index is 15.1. The fourth-order valence-electron chi connectivity index (χ4n) is 4.28. The summed E-state index contributed by atoms with van der Waals surface area (Å²) in [7, 11) is 0. The largest absolute Gasteiger partial charge is 0.363 e. The first kappa shape index (κ1) is 21.2. The van der Waals surface area contributed by atoms with Crippen molar-refractivity contribution in [3.8, 4) is 11.1 Å². The summed E-state index contributed by atoms with van der Waals surface area (Å²) in [6, 6.07) is 10.0. The highest BCUT2D eigenvalue weighted by Crippen LogP contribution is 2.34. The highest BCUT2D eigenvalue weighted by Gasteiger charge is 2.31. The zero-order valence-corrected chi connectivity index (χ0v) is 18.6. The Kier molecular flexibility index (Phi) is 5.40. The standard InChI is InChI=1S/C26H25FN4O2/c1-3-31-14-21-20(26(31)33)9-11-29-25(21)30-15(2)17-6-7-19(22(27)12-17)18-8-10-28-23(13-18)24(32)16-4-5-16/h6-13,15-16H,3-5,14H2,1-2H3,(H,29,30)/t15-/m0/s1. The van der Waals surface area contributed by atoms with Crippen LogP contribution in [-0.4, -0.2) is 33.1 Å². The van der Waals surface area contributed by atoms with Gasteiger partial charge in [-0.25, -0.2) is 9.37 Å². The second-order valence-electron chi connectivity index (χ2n) is 8.68. The number of Topliss-reactive ketones (excluding diaryl/α,β-unsaturated/α-hetero) is 1. The molecular formula is C26H25FN4O2. The number of benzene rings is 1. The molecule has 1 atom stereocenters. The van der Waals surface area contributed by atoms with Gasteiger partial charge in [-0.2, -0.15) is 0 Å². The fourth-order valence-corrected chi connectivity index (χ4v) is 4.28. The molecule has 1 fully saturated rings. The maximum atomic E-state index is 15.1. The molecule has 2 aromatic heterocycles. The molecule has 1 amide bonds. The second-order valence-corrected chi connectivity index (χ2v) is 8.68. The van der Waals surface area contributed by atoms with Crippen molar-refractivity contribution in [2.24, 2.45) is 5.92 Å². The molecule has 0 spiro atoms. The van der Waals surface area contributed by atoms with Crippen molar-refractivity contribution in [3.05, 3.63) is 77.0 Å². The van der Waals surface area contributed by atoms with Crippen LogP contribution in [0.2, 0.25) is 0 Å². The van der Waals surface area contributed by atoms with Crippen LogP contribution in [-0.2, 0) is 6.54 Å². The number of carbonyl (C=O) groups is 2. The number of nitrogens with one attached hydrogen (secondary N) is 1. The van der Waals surface area contributed by atoms with Gasteiger partial charge in [-0.1, -0.05) is 12.1 Å². The van der Waals surface area contributed by atoms with E-state index in [1.807, 2.05) is 19.9 Å². The van der Waals surface area contributed by atoms with Gasteiger partial charge in [-0.15, -0.1) is 0 Å². The lowest BCUT2D eigenvalue weighted by Crippen LogP contribution is -2.22. The lowest BCUT2D eigenvalue weighted by molar-refractivity contribution is 0.0787. The zero-order chi connectivity index (χ0) is 23.1. The summed E-state index contributed by atoms with van der Waals surface area (Å²) in [6.07, 6.45) is 5.00. The summed E-state index contributed by atoms with van der Waals surface area (Å²) >= 11 is 0. The van der Waals surface area contributed by atoms with Crippen LogP contribution in [0.1, 0.15) is 64.7 Å². The third-order valence-electron chi connectivity index (χ3n) is 6.42. The Balaban J connectivity index is 1.37. The van der Waals surface area contributed by atoms with Crippen LogP contribution in [0.5, 0.6) is 0 Å². The van der Waals surface area contributed by atoms with Crippen molar-refractivity contribution in [3.63, 3.8) is 0 Å². The first-order valence-corrected chi connectivity index (χ1v) is 11.3. The number of nitrogens with zero attached hydrogens (tertiary/aromatic N) is 3. The number of carbonyl (C=O) groups excluding carboxylic acids is 2. The van der Waals surface area contributed by atoms with Crippen molar-refractivity contribution in [2.75, 3.05) is 11.9 Å². The van der Waals surface area contributed by atoms with Crippen molar-refractivity contribution in [1.29, 1.82) is 0 Å². The van der Waals surface area contributed by atoms with Crippen LogP contribution in [0.25, 0.3) is 11.1 Å². The molecule has 1 aliphatic heterocycles. The number of hydrogen-bond donors (Lipinski definition) is 1. The number of halogens is 1. The number of hydrogen-bond acceptors (Lipinski definition) is 5. The summed E-state index contributed by atoms with van der Waals surface area (Å²) in [6.45, 7) is 5.04. The Labute approximate surface area is 191 Å². The molecule has 0 bridgehead atoms. The minimum atomic E-state index is -0.365. The molecule has 0 saturated heterocycles.